The summed E-state index contributed by atoms with van der Waals surface area (Å²) in [6.45, 7) is 5.95. The van der Waals surface area contributed by atoms with Crippen molar-refractivity contribution in [3.63, 3.8) is 0 Å². The topological polar surface area (TPSA) is 15.3 Å². The van der Waals surface area contributed by atoms with Crippen LogP contribution >= 0.6 is 12.4 Å². The van der Waals surface area contributed by atoms with E-state index in [1.54, 1.807) is 6.07 Å². The Bertz CT molecular complexity index is 420. The van der Waals surface area contributed by atoms with E-state index in [-0.39, 0.29) is 17.8 Å². The third-order valence-corrected chi connectivity index (χ3v) is 3.55. The van der Waals surface area contributed by atoms with Gasteiger partial charge in [0.25, 0.3) is 0 Å². The number of nitrogens with one attached hydrogen (secondary N) is 1. The standard InChI is InChI=1S/C14H20F2N2.ClH/c1-14(5-6-17-9-14)10-18(2)8-11-3-4-12(15)13(16)7-11;/h3-4,7,17H,5-6,8-10H2,1-2H3;1H. The van der Waals surface area contributed by atoms with Crippen molar-refractivity contribution in [1.82, 2.24) is 10.2 Å². The second-order valence-electron chi connectivity index (χ2n) is 5.66. The first kappa shape index (κ1) is 16.3. The van der Waals surface area contributed by atoms with E-state index < -0.39 is 11.6 Å². The molecule has 1 saturated heterocycles. The van der Waals surface area contributed by atoms with Gasteiger partial charge < -0.3 is 10.2 Å². The molecule has 1 aromatic rings. The smallest absolute Gasteiger partial charge is 0.159 e. The number of hydrogen-bond acceptors (Lipinski definition) is 2. The molecule has 0 radical (unpaired) electrons. The fourth-order valence-corrected chi connectivity index (χ4v) is 2.66. The Kier molecular flexibility index (Phi) is 5.71. The average molecular weight is 291 g/mol. The van der Waals surface area contributed by atoms with Gasteiger partial charge in [-0.05, 0) is 43.1 Å². The zero-order chi connectivity index (χ0) is 13.2. The molecule has 0 aliphatic carbocycles. The molecule has 5 heteroatoms. The first-order chi connectivity index (χ1) is 8.48. The normalized spacial score (nSPS) is 22.6. The summed E-state index contributed by atoms with van der Waals surface area (Å²) < 4.78 is 25.9. The van der Waals surface area contributed by atoms with Crippen LogP contribution in [0, 0.1) is 17.0 Å². The zero-order valence-corrected chi connectivity index (χ0v) is 12.2. The van der Waals surface area contributed by atoms with Crippen LogP contribution in [0.2, 0.25) is 0 Å². The average Bonchev–Trinajstić information content (AvgIpc) is 2.70. The molecule has 1 N–H and O–H groups in total. The minimum absolute atomic E-state index is 0. The second kappa shape index (κ2) is 6.64. The van der Waals surface area contributed by atoms with Crippen molar-refractivity contribution in [1.29, 1.82) is 0 Å². The Morgan fingerprint density at radius 2 is 2.05 bits per heavy atom. The van der Waals surface area contributed by atoms with Crippen molar-refractivity contribution >= 4 is 12.4 Å². The molecule has 2 rings (SSSR count). The van der Waals surface area contributed by atoms with Crippen LogP contribution in [-0.4, -0.2) is 31.6 Å². The Labute approximate surface area is 119 Å². The van der Waals surface area contributed by atoms with Crippen LogP contribution in [-0.2, 0) is 6.54 Å². The molecule has 1 heterocycles. The van der Waals surface area contributed by atoms with E-state index >= 15 is 0 Å². The lowest BCUT2D eigenvalue weighted by atomic mass is 9.89. The van der Waals surface area contributed by atoms with Gasteiger partial charge in [0.1, 0.15) is 0 Å². The van der Waals surface area contributed by atoms with Gasteiger partial charge in [-0.3, -0.25) is 0 Å². The van der Waals surface area contributed by atoms with Crippen molar-refractivity contribution in [3.05, 3.63) is 35.4 Å². The van der Waals surface area contributed by atoms with Crippen molar-refractivity contribution in [2.45, 2.75) is 19.9 Å². The summed E-state index contributed by atoms with van der Waals surface area (Å²) in [6, 6.07) is 4.11. The summed E-state index contributed by atoms with van der Waals surface area (Å²) >= 11 is 0. The van der Waals surface area contributed by atoms with Gasteiger partial charge in [0.2, 0.25) is 0 Å². The van der Waals surface area contributed by atoms with Crippen molar-refractivity contribution in [2.75, 3.05) is 26.7 Å². The molecule has 19 heavy (non-hydrogen) atoms. The van der Waals surface area contributed by atoms with Crippen LogP contribution < -0.4 is 5.32 Å². The van der Waals surface area contributed by atoms with Gasteiger partial charge in [-0.25, -0.2) is 8.78 Å². The molecule has 0 amide bonds. The molecular formula is C14H21ClF2N2. The lowest BCUT2D eigenvalue weighted by Crippen LogP contribution is -2.34. The summed E-state index contributed by atoms with van der Waals surface area (Å²) in [5.74, 6) is -1.55. The summed E-state index contributed by atoms with van der Waals surface area (Å²) in [7, 11) is 2.02. The number of nitrogens with zero attached hydrogens (tertiary/aromatic N) is 1. The van der Waals surface area contributed by atoms with Gasteiger partial charge in [0.05, 0.1) is 0 Å². The van der Waals surface area contributed by atoms with Crippen molar-refractivity contribution in [3.8, 4) is 0 Å². The number of benzene rings is 1. The highest BCUT2D eigenvalue weighted by Gasteiger charge is 2.29. The molecule has 0 saturated carbocycles. The maximum absolute atomic E-state index is 13.1. The minimum Gasteiger partial charge on any atom is -0.316 e. The largest absolute Gasteiger partial charge is 0.316 e. The third kappa shape index (κ3) is 4.41. The van der Waals surface area contributed by atoms with Gasteiger partial charge in [-0.1, -0.05) is 13.0 Å². The third-order valence-electron chi connectivity index (χ3n) is 3.55. The molecule has 2 nitrogen and oxygen atoms in total. The molecule has 1 atom stereocenters. The summed E-state index contributed by atoms with van der Waals surface area (Å²) in [5, 5.41) is 3.36. The molecule has 0 bridgehead atoms. The SMILES string of the molecule is CN(Cc1ccc(F)c(F)c1)CC1(C)CCNC1.Cl. The molecule has 108 valence electrons. The lowest BCUT2D eigenvalue weighted by Gasteiger charge is -2.29. The van der Waals surface area contributed by atoms with Crippen LogP contribution in [0.4, 0.5) is 8.78 Å². The van der Waals surface area contributed by atoms with Crippen LogP contribution in [0.25, 0.3) is 0 Å². The van der Waals surface area contributed by atoms with Crippen LogP contribution in [0.15, 0.2) is 18.2 Å². The maximum Gasteiger partial charge on any atom is 0.159 e. The van der Waals surface area contributed by atoms with Gasteiger partial charge in [-0.2, -0.15) is 0 Å². The van der Waals surface area contributed by atoms with Crippen LogP contribution in [0.3, 0.4) is 0 Å². The first-order valence-electron chi connectivity index (χ1n) is 6.32. The number of halogens is 3. The maximum atomic E-state index is 13.1. The fourth-order valence-electron chi connectivity index (χ4n) is 2.66. The highest BCUT2D eigenvalue weighted by molar-refractivity contribution is 5.85. The summed E-state index contributed by atoms with van der Waals surface area (Å²) in [4.78, 5) is 2.17. The molecule has 1 aliphatic heterocycles. The zero-order valence-electron chi connectivity index (χ0n) is 11.4. The Morgan fingerprint density at radius 3 is 2.63 bits per heavy atom. The minimum atomic E-state index is -0.784. The lowest BCUT2D eigenvalue weighted by molar-refractivity contribution is 0.203. The van der Waals surface area contributed by atoms with Gasteiger partial charge >= 0.3 is 0 Å². The summed E-state index contributed by atoms with van der Waals surface area (Å²) in [6.07, 6.45) is 1.16. The van der Waals surface area contributed by atoms with E-state index in [1.165, 1.54) is 12.1 Å². The van der Waals surface area contributed by atoms with Crippen LogP contribution in [0.1, 0.15) is 18.9 Å². The monoisotopic (exact) mass is 290 g/mol. The van der Waals surface area contributed by atoms with Gasteiger partial charge in [0.15, 0.2) is 11.6 Å². The fraction of sp³-hybridized carbons (Fsp3) is 0.571. The van der Waals surface area contributed by atoms with Gasteiger partial charge in [0, 0.05) is 19.6 Å². The molecule has 1 unspecified atom stereocenters. The second-order valence-corrected chi connectivity index (χ2v) is 5.66. The molecular weight excluding hydrogens is 270 g/mol. The molecule has 0 spiro atoms. The van der Waals surface area contributed by atoms with E-state index in [4.69, 9.17) is 0 Å². The Balaban J connectivity index is 0.00000180. The number of rotatable bonds is 4. The molecule has 1 aliphatic rings. The van der Waals surface area contributed by atoms with E-state index in [0.29, 0.717) is 6.54 Å². The van der Waals surface area contributed by atoms with Crippen LogP contribution in [0.5, 0.6) is 0 Å². The first-order valence-corrected chi connectivity index (χ1v) is 6.32. The van der Waals surface area contributed by atoms with E-state index in [9.17, 15) is 8.78 Å². The van der Waals surface area contributed by atoms with E-state index in [1.807, 2.05) is 7.05 Å². The predicted molar refractivity (Wildman–Crippen MR) is 75.5 cm³/mol. The molecule has 0 aromatic heterocycles. The molecule has 1 fully saturated rings. The van der Waals surface area contributed by atoms with E-state index in [0.717, 1.165) is 31.6 Å². The Hall–Kier alpha value is -0.710. The quantitative estimate of drug-likeness (QED) is 0.917. The predicted octanol–water partition coefficient (Wildman–Crippen LogP) is 2.82. The van der Waals surface area contributed by atoms with Crippen molar-refractivity contribution < 1.29 is 8.78 Å². The summed E-state index contributed by atoms with van der Waals surface area (Å²) in [5.41, 5.74) is 1.10. The van der Waals surface area contributed by atoms with Crippen molar-refractivity contribution in [2.24, 2.45) is 5.41 Å². The highest BCUT2D eigenvalue weighted by atomic mass is 35.5. The van der Waals surface area contributed by atoms with E-state index in [2.05, 4.69) is 17.1 Å². The Morgan fingerprint density at radius 1 is 1.32 bits per heavy atom. The molecule has 1 aromatic carbocycles. The number of hydrogen-bond donors (Lipinski definition) is 1. The van der Waals surface area contributed by atoms with Gasteiger partial charge in [-0.15, -0.1) is 12.4 Å². The highest BCUT2D eigenvalue weighted by Crippen LogP contribution is 2.25.